The van der Waals surface area contributed by atoms with Crippen LogP contribution in [0.5, 0.6) is 5.75 Å². The van der Waals surface area contributed by atoms with Gasteiger partial charge in [-0.05, 0) is 43.2 Å². The highest BCUT2D eigenvalue weighted by atomic mass is 35.5. The van der Waals surface area contributed by atoms with E-state index in [0.717, 1.165) is 37.0 Å². The molecule has 0 unspecified atom stereocenters. The number of aromatic nitrogens is 2. The monoisotopic (exact) mass is 428 g/mol. The molecule has 0 atom stereocenters. The van der Waals surface area contributed by atoms with Gasteiger partial charge in [-0.3, -0.25) is 14.3 Å². The summed E-state index contributed by atoms with van der Waals surface area (Å²) in [7, 11) is 0. The first kappa shape index (κ1) is 20.5. The summed E-state index contributed by atoms with van der Waals surface area (Å²) in [5.41, 5.74) is 1.75. The van der Waals surface area contributed by atoms with Crippen molar-refractivity contribution in [1.82, 2.24) is 19.8 Å². The molecule has 4 rings (SSSR count). The molecule has 1 fully saturated rings. The van der Waals surface area contributed by atoms with Crippen LogP contribution in [0.4, 0.5) is 0 Å². The predicted molar refractivity (Wildman–Crippen MR) is 117 cm³/mol. The Bertz CT molecular complexity index is 1070. The normalized spacial score (nSPS) is 15.4. The lowest BCUT2D eigenvalue weighted by Gasteiger charge is -2.32. The summed E-state index contributed by atoms with van der Waals surface area (Å²) >= 11 is 5.92. The number of para-hydroxylation sites is 2. The largest absolute Gasteiger partial charge is 0.492 e. The molecule has 7 nitrogen and oxygen atoms in total. The van der Waals surface area contributed by atoms with Crippen LogP contribution in [0.2, 0.25) is 5.02 Å². The number of aromatic amines is 1. The molecule has 1 aliphatic rings. The standard InChI is InChI=1S/C22H25ClN4O3/c23-16-4-3-5-18(14-16)30-13-10-24-21(28)15-26-11-8-17(9-12-26)27-20-7-2-1-6-19(20)25-22(27)29/h1-7,14,17H,8-13,15H2,(H,24,28)(H,25,29). The molecule has 0 bridgehead atoms. The second-order valence-corrected chi connectivity index (χ2v) is 7.92. The van der Waals surface area contributed by atoms with Gasteiger partial charge in [-0.2, -0.15) is 0 Å². The Labute approximate surface area is 179 Å². The average Bonchev–Trinajstić information content (AvgIpc) is 3.08. The number of fused-ring (bicyclic) bond motifs is 1. The molecular formula is C22H25ClN4O3. The van der Waals surface area contributed by atoms with Gasteiger partial charge in [-0.1, -0.05) is 29.8 Å². The lowest BCUT2D eigenvalue weighted by atomic mass is 10.0. The minimum absolute atomic E-state index is 0.0209. The Morgan fingerprint density at radius 1 is 1.17 bits per heavy atom. The highest BCUT2D eigenvalue weighted by molar-refractivity contribution is 6.30. The van der Waals surface area contributed by atoms with Crippen LogP contribution in [0.15, 0.2) is 53.3 Å². The second-order valence-electron chi connectivity index (χ2n) is 7.48. The van der Waals surface area contributed by atoms with Crippen LogP contribution in [0.3, 0.4) is 0 Å². The molecule has 2 heterocycles. The number of nitrogens with one attached hydrogen (secondary N) is 2. The summed E-state index contributed by atoms with van der Waals surface area (Å²) < 4.78 is 7.44. The molecule has 0 spiro atoms. The van der Waals surface area contributed by atoms with Crippen molar-refractivity contribution in [3.8, 4) is 5.75 Å². The average molecular weight is 429 g/mol. The number of carbonyl (C=O) groups is 1. The van der Waals surface area contributed by atoms with E-state index in [2.05, 4.69) is 15.2 Å². The fourth-order valence-corrected chi connectivity index (χ4v) is 4.13. The maximum absolute atomic E-state index is 12.4. The van der Waals surface area contributed by atoms with E-state index in [1.165, 1.54) is 0 Å². The number of benzene rings is 2. The third-order valence-electron chi connectivity index (χ3n) is 5.40. The molecule has 0 saturated carbocycles. The van der Waals surface area contributed by atoms with Crippen LogP contribution in [-0.2, 0) is 4.79 Å². The number of likely N-dealkylation sites (tertiary alicyclic amines) is 1. The summed E-state index contributed by atoms with van der Waals surface area (Å²) in [6, 6.07) is 15.1. The molecule has 0 radical (unpaired) electrons. The summed E-state index contributed by atoms with van der Waals surface area (Å²) in [5, 5.41) is 3.51. The van der Waals surface area contributed by atoms with E-state index in [4.69, 9.17) is 16.3 Å². The van der Waals surface area contributed by atoms with Gasteiger partial charge in [-0.15, -0.1) is 0 Å². The first-order valence-electron chi connectivity index (χ1n) is 10.2. The van der Waals surface area contributed by atoms with Crippen molar-refractivity contribution in [2.45, 2.75) is 18.9 Å². The van der Waals surface area contributed by atoms with Gasteiger partial charge in [0.15, 0.2) is 0 Å². The zero-order valence-corrected chi connectivity index (χ0v) is 17.4. The topological polar surface area (TPSA) is 79.4 Å². The van der Waals surface area contributed by atoms with Crippen molar-refractivity contribution < 1.29 is 9.53 Å². The Hall–Kier alpha value is -2.77. The number of nitrogens with zero attached hydrogens (tertiary/aromatic N) is 2. The first-order chi connectivity index (χ1) is 14.6. The van der Waals surface area contributed by atoms with E-state index in [9.17, 15) is 9.59 Å². The third kappa shape index (κ3) is 4.86. The highest BCUT2D eigenvalue weighted by Crippen LogP contribution is 2.24. The van der Waals surface area contributed by atoms with Crippen molar-refractivity contribution in [3.63, 3.8) is 0 Å². The molecule has 2 N–H and O–H groups in total. The van der Waals surface area contributed by atoms with Crippen LogP contribution in [0, 0.1) is 0 Å². The van der Waals surface area contributed by atoms with E-state index in [0.29, 0.717) is 30.5 Å². The summed E-state index contributed by atoms with van der Waals surface area (Å²) in [5.74, 6) is 0.666. The van der Waals surface area contributed by atoms with E-state index in [1.807, 2.05) is 41.0 Å². The Balaban J connectivity index is 1.21. The Kier molecular flexibility index (Phi) is 6.40. The molecule has 30 heavy (non-hydrogen) atoms. The molecule has 1 amide bonds. The summed E-state index contributed by atoms with van der Waals surface area (Å²) in [4.78, 5) is 29.7. The molecule has 2 aromatic carbocycles. The van der Waals surface area contributed by atoms with Crippen molar-refractivity contribution >= 4 is 28.5 Å². The van der Waals surface area contributed by atoms with Gasteiger partial charge in [0.25, 0.3) is 0 Å². The lowest BCUT2D eigenvalue weighted by molar-refractivity contribution is -0.122. The van der Waals surface area contributed by atoms with Gasteiger partial charge in [0, 0.05) is 24.2 Å². The SMILES string of the molecule is O=C(CN1CCC(n2c(=O)[nH]c3ccccc32)CC1)NCCOc1cccc(Cl)c1. The summed E-state index contributed by atoms with van der Waals surface area (Å²) in [6.07, 6.45) is 1.68. The van der Waals surface area contributed by atoms with Crippen LogP contribution in [0.1, 0.15) is 18.9 Å². The van der Waals surface area contributed by atoms with Gasteiger partial charge < -0.3 is 15.0 Å². The van der Waals surface area contributed by atoms with Crippen LogP contribution in [0.25, 0.3) is 11.0 Å². The number of hydrogen-bond donors (Lipinski definition) is 2. The maximum atomic E-state index is 12.4. The van der Waals surface area contributed by atoms with E-state index >= 15 is 0 Å². The zero-order chi connectivity index (χ0) is 20.9. The molecule has 158 valence electrons. The predicted octanol–water partition coefficient (Wildman–Crippen LogP) is 2.82. The number of hydrogen-bond acceptors (Lipinski definition) is 4. The quantitative estimate of drug-likeness (QED) is 0.567. The number of carbonyl (C=O) groups excluding carboxylic acids is 1. The van der Waals surface area contributed by atoms with Gasteiger partial charge in [0.05, 0.1) is 24.1 Å². The lowest BCUT2D eigenvalue weighted by Crippen LogP contribution is -2.43. The molecule has 3 aromatic rings. The van der Waals surface area contributed by atoms with Crippen LogP contribution < -0.4 is 15.7 Å². The van der Waals surface area contributed by atoms with Gasteiger partial charge in [0.2, 0.25) is 5.91 Å². The second kappa shape index (κ2) is 9.36. The maximum Gasteiger partial charge on any atom is 0.326 e. The molecule has 0 aliphatic carbocycles. The fraction of sp³-hybridized carbons (Fsp3) is 0.364. The number of rotatable bonds is 7. The first-order valence-corrected chi connectivity index (χ1v) is 10.5. The Morgan fingerprint density at radius 2 is 1.97 bits per heavy atom. The third-order valence-corrected chi connectivity index (χ3v) is 5.64. The number of imidazole rings is 1. The molecule has 1 aromatic heterocycles. The van der Waals surface area contributed by atoms with E-state index < -0.39 is 0 Å². The zero-order valence-electron chi connectivity index (χ0n) is 16.6. The van der Waals surface area contributed by atoms with Gasteiger partial charge in [-0.25, -0.2) is 4.79 Å². The van der Waals surface area contributed by atoms with Crippen molar-refractivity contribution in [2.75, 3.05) is 32.8 Å². The van der Waals surface area contributed by atoms with Crippen LogP contribution >= 0.6 is 11.6 Å². The number of piperidine rings is 1. The fourth-order valence-electron chi connectivity index (χ4n) is 3.95. The molecule has 1 aliphatic heterocycles. The Morgan fingerprint density at radius 3 is 2.77 bits per heavy atom. The van der Waals surface area contributed by atoms with Crippen molar-refractivity contribution in [3.05, 3.63) is 64.0 Å². The highest BCUT2D eigenvalue weighted by Gasteiger charge is 2.24. The number of halogens is 1. The molecule has 8 heteroatoms. The molecule has 1 saturated heterocycles. The number of amides is 1. The minimum Gasteiger partial charge on any atom is -0.492 e. The number of H-pyrrole nitrogens is 1. The van der Waals surface area contributed by atoms with E-state index in [1.54, 1.807) is 12.1 Å². The smallest absolute Gasteiger partial charge is 0.326 e. The van der Waals surface area contributed by atoms with Gasteiger partial charge in [0.1, 0.15) is 12.4 Å². The van der Waals surface area contributed by atoms with Crippen molar-refractivity contribution in [1.29, 1.82) is 0 Å². The number of ether oxygens (including phenoxy) is 1. The minimum atomic E-state index is -0.0629. The van der Waals surface area contributed by atoms with E-state index in [-0.39, 0.29) is 17.6 Å². The van der Waals surface area contributed by atoms with Crippen LogP contribution in [-0.4, -0.2) is 53.1 Å². The van der Waals surface area contributed by atoms with Gasteiger partial charge >= 0.3 is 5.69 Å². The summed E-state index contributed by atoms with van der Waals surface area (Å²) in [6.45, 7) is 2.74. The van der Waals surface area contributed by atoms with Crippen molar-refractivity contribution in [2.24, 2.45) is 0 Å². The molecular weight excluding hydrogens is 404 g/mol.